The van der Waals surface area contributed by atoms with Gasteiger partial charge in [-0.05, 0) is 20.4 Å². The number of carbonyl (C=O) groups is 1. The second-order valence-corrected chi connectivity index (χ2v) is 4.55. The molecule has 0 aliphatic heterocycles. The zero-order valence-electron chi connectivity index (χ0n) is 8.79. The average Bonchev–Trinajstić information content (AvgIpc) is 2.13. The van der Waals surface area contributed by atoms with Gasteiger partial charge in [-0.15, -0.1) is 11.8 Å². The van der Waals surface area contributed by atoms with Crippen molar-refractivity contribution in [2.24, 2.45) is 0 Å². The molecule has 78 valence electrons. The molecule has 0 aliphatic rings. The van der Waals surface area contributed by atoms with Gasteiger partial charge in [-0.2, -0.15) is 0 Å². The number of hydrogen-bond acceptors (Lipinski definition) is 4. The first-order valence-corrected chi connectivity index (χ1v) is 5.50. The number of carbonyl (C=O) groups excluding carboxylic acids is 1. The Balaban J connectivity index is 3.50. The van der Waals surface area contributed by atoms with Crippen molar-refractivity contribution in [1.82, 2.24) is 5.32 Å². The Morgan fingerprint density at radius 3 is 2.62 bits per heavy atom. The van der Waals surface area contributed by atoms with Crippen LogP contribution in [0, 0.1) is 0 Å². The summed E-state index contributed by atoms with van der Waals surface area (Å²) in [6.45, 7) is 4.26. The van der Waals surface area contributed by atoms with Gasteiger partial charge in [-0.3, -0.25) is 4.79 Å². The summed E-state index contributed by atoms with van der Waals surface area (Å²) in [6, 6.07) is 0.500. The molecule has 0 saturated carbocycles. The third kappa shape index (κ3) is 6.90. The molecule has 0 bridgehead atoms. The monoisotopic (exact) mass is 205 g/mol. The fourth-order valence-corrected chi connectivity index (χ4v) is 1.92. The van der Waals surface area contributed by atoms with Gasteiger partial charge in [0.15, 0.2) is 0 Å². The summed E-state index contributed by atoms with van der Waals surface area (Å²) in [5.41, 5.74) is 0. The molecule has 0 rings (SSSR count). The first-order chi connectivity index (χ1) is 6.10. The summed E-state index contributed by atoms with van der Waals surface area (Å²) >= 11 is 1.64. The van der Waals surface area contributed by atoms with Gasteiger partial charge in [0, 0.05) is 11.3 Å². The molecular formula is C9H19NO2S. The van der Waals surface area contributed by atoms with E-state index in [4.69, 9.17) is 0 Å². The van der Waals surface area contributed by atoms with Crippen molar-refractivity contribution in [1.29, 1.82) is 0 Å². The van der Waals surface area contributed by atoms with E-state index in [9.17, 15) is 4.79 Å². The predicted molar refractivity (Wildman–Crippen MR) is 57.1 cm³/mol. The van der Waals surface area contributed by atoms with E-state index in [0.717, 1.165) is 6.42 Å². The zero-order valence-corrected chi connectivity index (χ0v) is 9.61. The molecule has 13 heavy (non-hydrogen) atoms. The summed E-state index contributed by atoms with van der Waals surface area (Å²) in [7, 11) is 3.37. The van der Waals surface area contributed by atoms with E-state index in [2.05, 4.69) is 23.9 Å². The Morgan fingerprint density at radius 1 is 1.54 bits per heavy atom. The SMILES string of the molecule is CNC(C)CC(C)SCC(=O)OC. The lowest BCUT2D eigenvalue weighted by Gasteiger charge is -2.15. The molecule has 0 aliphatic carbocycles. The highest BCUT2D eigenvalue weighted by molar-refractivity contribution is 8.00. The van der Waals surface area contributed by atoms with Crippen LogP contribution in [0.25, 0.3) is 0 Å². The summed E-state index contributed by atoms with van der Waals surface area (Å²) in [5.74, 6) is 0.308. The predicted octanol–water partition coefficient (Wildman–Crippen LogP) is 1.28. The molecule has 4 heteroatoms. The molecule has 0 aromatic carbocycles. The fraction of sp³-hybridized carbons (Fsp3) is 0.889. The smallest absolute Gasteiger partial charge is 0.315 e. The summed E-state index contributed by atoms with van der Waals surface area (Å²) in [6.07, 6.45) is 1.07. The van der Waals surface area contributed by atoms with Crippen molar-refractivity contribution in [3.63, 3.8) is 0 Å². The lowest BCUT2D eigenvalue weighted by molar-refractivity contribution is -0.137. The topological polar surface area (TPSA) is 38.3 Å². The first kappa shape index (κ1) is 12.8. The van der Waals surface area contributed by atoms with Crippen molar-refractivity contribution >= 4 is 17.7 Å². The Labute approximate surface area is 84.6 Å². The van der Waals surface area contributed by atoms with E-state index in [-0.39, 0.29) is 5.97 Å². The van der Waals surface area contributed by atoms with E-state index in [1.807, 2.05) is 7.05 Å². The number of esters is 1. The van der Waals surface area contributed by atoms with Gasteiger partial charge in [0.2, 0.25) is 0 Å². The second kappa shape index (κ2) is 7.21. The summed E-state index contributed by atoms with van der Waals surface area (Å²) < 4.78 is 4.56. The fourth-order valence-electron chi connectivity index (χ4n) is 0.953. The highest BCUT2D eigenvalue weighted by Gasteiger charge is 2.09. The Bertz CT molecular complexity index is 153. The van der Waals surface area contributed by atoms with Crippen LogP contribution in [0.15, 0.2) is 0 Å². The van der Waals surface area contributed by atoms with Crippen LogP contribution >= 0.6 is 11.8 Å². The van der Waals surface area contributed by atoms with E-state index in [1.54, 1.807) is 11.8 Å². The van der Waals surface area contributed by atoms with Crippen molar-refractivity contribution < 1.29 is 9.53 Å². The highest BCUT2D eigenvalue weighted by atomic mass is 32.2. The van der Waals surface area contributed by atoms with Crippen molar-refractivity contribution in [2.45, 2.75) is 31.6 Å². The third-order valence-electron chi connectivity index (χ3n) is 1.89. The lowest BCUT2D eigenvalue weighted by Crippen LogP contribution is -2.24. The number of hydrogen-bond donors (Lipinski definition) is 1. The lowest BCUT2D eigenvalue weighted by atomic mass is 10.2. The standard InChI is InChI=1S/C9H19NO2S/c1-7(10-3)5-8(2)13-6-9(11)12-4/h7-8,10H,5-6H2,1-4H3. The Kier molecular flexibility index (Phi) is 7.09. The van der Waals surface area contributed by atoms with Gasteiger partial charge in [-0.1, -0.05) is 6.92 Å². The molecule has 0 heterocycles. The summed E-state index contributed by atoms with van der Waals surface area (Å²) in [5, 5.41) is 3.66. The molecule has 0 fully saturated rings. The molecule has 0 spiro atoms. The van der Waals surface area contributed by atoms with Crippen LogP contribution in [0.2, 0.25) is 0 Å². The van der Waals surface area contributed by atoms with Crippen molar-refractivity contribution in [3.05, 3.63) is 0 Å². The van der Waals surface area contributed by atoms with Gasteiger partial charge in [0.05, 0.1) is 12.9 Å². The average molecular weight is 205 g/mol. The first-order valence-electron chi connectivity index (χ1n) is 4.45. The van der Waals surface area contributed by atoms with Gasteiger partial charge in [-0.25, -0.2) is 0 Å². The molecule has 0 amide bonds. The van der Waals surface area contributed by atoms with Crippen molar-refractivity contribution in [3.8, 4) is 0 Å². The number of ether oxygens (including phenoxy) is 1. The van der Waals surface area contributed by atoms with Gasteiger partial charge >= 0.3 is 5.97 Å². The molecular weight excluding hydrogens is 186 g/mol. The molecule has 2 atom stereocenters. The maximum Gasteiger partial charge on any atom is 0.315 e. The quantitative estimate of drug-likeness (QED) is 0.663. The van der Waals surface area contributed by atoms with Crippen LogP contribution in [0.5, 0.6) is 0 Å². The van der Waals surface area contributed by atoms with E-state index < -0.39 is 0 Å². The van der Waals surface area contributed by atoms with Crippen LogP contribution in [0.3, 0.4) is 0 Å². The van der Waals surface area contributed by atoms with Crippen molar-refractivity contribution in [2.75, 3.05) is 19.9 Å². The minimum Gasteiger partial charge on any atom is -0.468 e. The zero-order chi connectivity index (χ0) is 10.3. The van der Waals surface area contributed by atoms with E-state index in [1.165, 1.54) is 7.11 Å². The molecule has 3 nitrogen and oxygen atoms in total. The minimum atomic E-state index is -0.144. The van der Waals surface area contributed by atoms with Gasteiger partial charge in [0.25, 0.3) is 0 Å². The minimum absolute atomic E-state index is 0.144. The second-order valence-electron chi connectivity index (χ2n) is 3.12. The number of nitrogens with one attached hydrogen (secondary N) is 1. The van der Waals surface area contributed by atoms with Crippen LogP contribution in [0.4, 0.5) is 0 Å². The van der Waals surface area contributed by atoms with Crippen LogP contribution in [-0.4, -0.2) is 37.2 Å². The van der Waals surface area contributed by atoms with Gasteiger partial charge < -0.3 is 10.1 Å². The highest BCUT2D eigenvalue weighted by Crippen LogP contribution is 2.15. The maximum atomic E-state index is 10.8. The van der Waals surface area contributed by atoms with E-state index >= 15 is 0 Å². The van der Waals surface area contributed by atoms with Crippen LogP contribution in [-0.2, 0) is 9.53 Å². The molecule has 1 N–H and O–H groups in total. The number of methoxy groups -OCH3 is 1. The van der Waals surface area contributed by atoms with Crippen LogP contribution in [0.1, 0.15) is 20.3 Å². The summed E-state index contributed by atoms with van der Waals surface area (Å²) in [4.78, 5) is 10.8. The third-order valence-corrected chi connectivity index (χ3v) is 3.06. The largest absolute Gasteiger partial charge is 0.468 e. The molecule has 2 unspecified atom stereocenters. The number of rotatable bonds is 6. The molecule has 0 saturated heterocycles. The van der Waals surface area contributed by atoms with Crippen LogP contribution < -0.4 is 5.32 Å². The Hall–Kier alpha value is -0.220. The Morgan fingerprint density at radius 2 is 2.15 bits per heavy atom. The molecule has 0 aromatic heterocycles. The van der Waals surface area contributed by atoms with E-state index in [0.29, 0.717) is 17.0 Å². The molecule has 0 aromatic rings. The number of thioether (sulfide) groups is 1. The van der Waals surface area contributed by atoms with Gasteiger partial charge in [0.1, 0.15) is 0 Å². The molecule has 0 radical (unpaired) electrons. The maximum absolute atomic E-state index is 10.8. The normalized spacial score (nSPS) is 15.1.